The lowest BCUT2D eigenvalue weighted by Crippen LogP contribution is -2.16. The van der Waals surface area contributed by atoms with Crippen molar-refractivity contribution >= 4 is 29.0 Å². The fourth-order valence-corrected chi connectivity index (χ4v) is 3.80. The van der Waals surface area contributed by atoms with Crippen molar-refractivity contribution in [3.8, 4) is 17.1 Å². The minimum Gasteiger partial charge on any atom is -0.494 e. The summed E-state index contributed by atoms with van der Waals surface area (Å²) in [7, 11) is 3.33. The van der Waals surface area contributed by atoms with Crippen molar-refractivity contribution < 1.29 is 9.53 Å². The molecule has 1 amide bonds. The van der Waals surface area contributed by atoms with Gasteiger partial charge in [-0.05, 0) is 39.8 Å². The fourth-order valence-electron chi connectivity index (χ4n) is 3.80. The van der Waals surface area contributed by atoms with Crippen LogP contribution in [0.4, 0.5) is 23.1 Å². The van der Waals surface area contributed by atoms with Gasteiger partial charge in [0.05, 0.1) is 35.4 Å². The molecule has 0 radical (unpaired) electrons. The first-order valence-corrected chi connectivity index (χ1v) is 11.0. The summed E-state index contributed by atoms with van der Waals surface area (Å²) in [4.78, 5) is 25.3. The molecule has 0 saturated heterocycles. The minimum atomic E-state index is -0.666. The van der Waals surface area contributed by atoms with E-state index in [1.165, 1.54) is 6.20 Å². The topological polar surface area (TPSA) is 151 Å². The van der Waals surface area contributed by atoms with Gasteiger partial charge in [0.25, 0.3) is 5.91 Å². The number of rotatable bonds is 8. The molecule has 0 aliphatic carbocycles. The summed E-state index contributed by atoms with van der Waals surface area (Å²) in [6.45, 7) is 8.01. The van der Waals surface area contributed by atoms with Crippen LogP contribution in [0.25, 0.3) is 11.4 Å². The molecule has 0 aliphatic rings. The fraction of sp³-hybridized carbons (Fsp3) is 0.304. The Kier molecular flexibility index (Phi) is 6.36. The molecule has 4 N–H and O–H groups in total. The van der Waals surface area contributed by atoms with Crippen LogP contribution >= 0.6 is 0 Å². The monoisotopic (exact) mass is 476 g/mol. The molecular weight excluding hydrogens is 448 g/mol. The molecule has 0 spiro atoms. The minimum absolute atomic E-state index is 0.130. The molecule has 0 saturated carbocycles. The zero-order valence-electron chi connectivity index (χ0n) is 20.5. The van der Waals surface area contributed by atoms with E-state index in [2.05, 4.69) is 49.6 Å². The highest BCUT2D eigenvalue weighted by atomic mass is 16.5. The second-order valence-electron chi connectivity index (χ2n) is 8.28. The average molecular weight is 477 g/mol. The van der Waals surface area contributed by atoms with Crippen molar-refractivity contribution in [2.45, 2.75) is 33.7 Å². The summed E-state index contributed by atoms with van der Waals surface area (Å²) in [5, 5.41) is 15.3. The molecule has 0 unspecified atom stereocenters. The molecule has 12 nitrogen and oxygen atoms in total. The summed E-state index contributed by atoms with van der Waals surface area (Å²) >= 11 is 0. The summed E-state index contributed by atoms with van der Waals surface area (Å²) < 4.78 is 9.19. The number of nitrogens with zero attached hydrogens (tertiary/aromatic N) is 7. The first-order valence-electron chi connectivity index (χ1n) is 11.0. The van der Waals surface area contributed by atoms with Crippen molar-refractivity contribution in [2.24, 2.45) is 12.8 Å². The third-order valence-electron chi connectivity index (χ3n) is 5.42. The molecule has 4 rings (SSSR count). The first kappa shape index (κ1) is 23.7. The van der Waals surface area contributed by atoms with E-state index in [-0.39, 0.29) is 23.4 Å². The molecule has 0 atom stereocenters. The number of nitrogens with two attached hydrogens (primary N) is 1. The number of methoxy groups -OCH3 is 1. The van der Waals surface area contributed by atoms with Crippen molar-refractivity contribution in [2.75, 3.05) is 17.7 Å². The lowest BCUT2D eigenvalue weighted by atomic mass is 10.1. The molecule has 0 aliphatic heterocycles. The van der Waals surface area contributed by atoms with Crippen molar-refractivity contribution in [3.63, 3.8) is 0 Å². The SMILES string of the molecule is COc1c(Nc2nc(Nc3c(C)nn(C(C)C)c3C)ncc2C(N)=O)cccc1-c1ncn(C)n1. The zero-order valence-corrected chi connectivity index (χ0v) is 20.5. The smallest absolute Gasteiger partial charge is 0.254 e. The number of carbonyl (C=O) groups is 1. The highest BCUT2D eigenvalue weighted by Crippen LogP contribution is 2.37. The van der Waals surface area contributed by atoms with Crippen LogP contribution in [0, 0.1) is 13.8 Å². The van der Waals surface area contributed by atoms with E-state index in [0.717, 1.165) is 17.1 Å². The lowest BCUT2D eigenvalue weighted by molar-refractivity contribution is 0.100. The van der Waals surface area contributed by atoms with Gasteiger partial charge in [-0.1, -0.05) is 6.07 Å². The lowest BCUT2D eigenvalue weighted by Gasteiger charge is -2.15. The second-order valence-corrected chi connectivity index (χ2v) is 8.28. The summed E-state index contributed by atoms with van der Waals surface area (Å²) in [5.74, 6) is 0.841. The second kappa shape index (κ2) is 9.41. The van der Waals surface area contributed by atoms with Gasteiger partial charge in [0.2, 0.25) is 5.95 Å². The first-order chi connectivity index (χ1) is 16.7. The van der Waals surface area contributed by atoms with Gasteiger partial charge in [0.1, 0.15) is 17.7 Å². The van der Waals surface area contributed by atoms with E-state index >= 15 is 0 Å². The van der Waals surface area contributed by atoms with Gasteiger partial charge in [0.15, 0.2) is 11.6 Å². The number of carbonyl (C=O) groups excluding carboxylic acids is 1. The van der Waals surface area contributed by atoms with E-state index < -0.39 is 5.91 Å². The Morgan fingerprint density at radius 1 is 1.14 bits per heavy atom. The highest BCUT2D eigenvalue weighted by Gasteiger charge is 2.20. The number of nitrogens with one attached hydrogen (secondary N) is 2. The molecule has 12 heteroatoms. The summed E-state index contributed by atoms with van der Waals surface area (Å²) in [6, 6.07) is 5.67. The van der Waals surface area contributed by atoms with Crippen LogP contribution < -0.4 is 21.1 Å². The van der Waals surface area contributed by atoms with Crippen LogP contribution in [0.5, 0.6) is 5.75 Å². The van der Waals surface area contributed by atoms with E-state index in [0.29, 0.717) is 22.8 Å². The number of primary amides is 1. The van der Waals surface area contributed by atoms with Crippen LogP contribution in [0.15, 0.2) is 30.7 Å². The average Bonchev–Trinajstić information content (AvgIpc) is 3.37. The maximum atomic E-state index is 12.1. The van der Waals surface area contributed by atoms with E-state index in [1.807, 2.05) is 30.7 Å². The standard InChI is InChI=1S/C23H28N10O2/c1-12(2)33-14(4)18(13(3)30-33)28-23-25-10-16(20(24)34)22(29-23)27-17-9-7-8-15(19(17)35-6)21-26-11-32(5)31-21/h7-12H,1-6H3,(H2,24,34)(H2,25,27,28,29). The van der Waals surface area contributed by atoms with E-state index in [4.69, 9.17) is 10.5 Å². The van der Waals surface area contributed by atoms with Gasteiger partial charge < -0.3 is 21.1 Å². The molecule has 1 aromatic carbocycles. The third kappa shape index (κ3) is 4.63. The molecule has 0 bridgehead atoms. The maximum Gasteiger partial charge on any atom is 0.254 e. The van der Waals surface area contributed by atoms with Crippen LogP contribution in [0.3, 0.4) is 0 Å². The number of ether oxygens (including phenoxy) is 1. The molecule has 35 heavy (non-hydrogen) atoms. The Morgan fingerprint density at radius 3 is 2.51 bits per heavy atom. The van der Waals surface area contributed by atoms with Gasteiger partial charge in [-0.2, -0.15) is 15.2 Å². The number of anilines is 4. The van der Waals surface area contributed by atoms with Gasteiger partial charge >= 0.3 is 0 Å². The number of benzene rings is 1. The van der Waals surface area contributed by atoms with Crippen molar-refractivity contribution in [1.29, 1.82) is 0 Å². The van der Waals surface area contributed by atoms with E-state index in [1.54, 1.807) is 31.2 Å². The molecular formula is C23H28N10O2. The predicted molar refractivity (Wildman–Crippen MR) is 132 cm³/mol. The molecule has 4 aromatic rings. The zero-order chi connectivity index (χ0) is 25.3. The Morgan fingerprint density at radius 2 is 1.91 bits per heavy atom. The molecule has 182 valence electrons. The molecule has 0 fully saturated rings. The van der Waals surface area contributed by atoms with Crippen molar-refractivity contribution in [1.82, 2.24) is 34.5 Å². The number of aryl methyl sites for hydroxylation is 2. The van der Waals surface area contributed by atoms with Gasteiger partial charge in [-0.3, -0.25) is 14.2 Å². The quantitative estimate of drug-likeness (QED) is 0.348. The molecule has 3 aromatic heterocycles. The number of aromatic nitrogens is 7. The predicted octanol–water partition coefficient (Wildman–Crippen LogP) is 3.26. The molecule has 3 heterocycles. The van der Waals surface area contributed by atoms with Gasteiger partial charge in [-0.15, -0.1) is 0 Å². The number of hydrogen-bond acceptors (Lipinski definition) is 9. The number of para-hydroxylation sites is 1. The Hall–Kier alpha value is -4.48. The largest absolute Gasteiger partial charge is 0.494 e. The Labute approximate surface area is 202 Å². The third-order valence-corrected chi connectivity index (χ3v) is 5.42. The number of amides is 1. The summed E-state index contributed by atoms with van der Waals surface area (Å²) in [6.07, 6.45) is 2.99. The van der Waals surface area contributed by atoms with Gasteiger partial charge in [-0.25, -0.2) is 9.97 Å². The van der Waals surface area contributed by atoms with Crippen LogP contribution in [-0.4, -0.2) is 47.5 Å². The highest BCUT2D eigenvalue weighted by molar-refractivity contribution is 5.98. The normalized spacial score (nSPS) is 11.1. The Balaban J connectivity index is 1.73. The van der Waals surface area contributed by atoms with E-state index in [9.17, 15) is 4.79 Å². The van der Waals surface area contributed by atoms with Crippen LogP contribution in [0.1, 0.15) is 41.6 Å². The maximum absolute atomic E-state index is 12.1. The van der Waals surface area contributed by atoms with Crippen LogP contribution in [0.2, 0.25) is 0 Å². The number of hydrogen-bond donors (Lipinski definition) is 3. The van der Waals surface area contributed by atoms with Crippen LogP contribution in [-0.2, 0) is 7.05 Å². The van der Waals surface area contributed by atoms with Gasteiger partial charge in [0, 0.05) is 19.3 Å². The van der Waals surface area contributed by atoms with Crippen molar-refractivity contribution in [3.05, 3.63) is 47.7 Å². The Bertz CT molecular complexity index is 1390. The summed E-state index contributed by atoms with van der Waals surface area (Å²) in [5.41, 5.74) is 9.54.